The SMILES string of the molecule is Cc1ccc(Br)cc1NCc1sccc1N. The van der Waals surface area contributed by atoms with Gasteiger partial charge in [0.2, 0.25) is 0 Å². The monoisotopic (exact) mass is 296 g/mol. The normalized spacial score (nSPS) is 10.4. The standard InChI is InChI=1S/C12H13BrN2S/c1-8-2-3-9(13)6-11(8)15-7-12-10(14)4-5-16-12/h2-6,15H,7,14H2,1H3. The number of hydrogen-bond acceptors (Lipinski definition) is 3. The molecule has 2 rings (SSSR count). The molecule has 0 radical (unpaired) electrons. The van der Waals surface area contributed by atoms with Crippen LogP contribution >= 0.6 is 27.3 Å². The van der Waals surface area contributed by atoms with E-state index in [0.29, 0.717) is 0 Å². The first-order valence-corrected chi connectivity index (χ1v) is 6.66. The minimum absolute atomic E-state index is 0.779. The molecule has 3 N–H and O–H groups in total. The fourth-order valence-corrected chi connectivity index (χ4v) is 2.55. The van der Waals surface area contributed by atoms with Crippen molar-refractivity contribution in [2.24, 2.45) is 0 Å². The van der Waals surface area contributed by atoms with E-state index in [1.165, 1.54) is 10.4 Å². The summed E-state index contributed by atoms with van der Waals surface area (Å²) in [5, 5.41) is 5.41. The van der Waals surface area contributed by atoms with Gasteiger partial charge in [0.25, 0.3) is 0 Å². The van der Waals surface area contributed by atoms with Crippen LogP contribution in [-0.4, -0.2) is 0 Å². The van der Waals surface area contributed by atoms with Gasteiger partial charge in [-0.15, -0.1) is 11.3 Å². The molecule has 0 spiro atoms. The second-order valence-electron chi connectivity index (χ2n) is 3.61. The highest BCUT2D eigenvalue weighted by atomic mass is 79.9. The van der Waals surface area contributed by atoms with Crippen molar-refractivity contribution in [2.45, 2.75) is 13.5 Å². The van der Waals surface area contributed by atoms with Crippen LogP contribution in [0.3, 0.4) is 0 Å². The van der Waals surface area contributed by atoms with Crippen molar-refractivity contribution in [1.29, 1.82) is 0 Å². The van der Waals surface area contributed by atoms with Gasteiger partial charge in [0.1, 0.15) is 0 Å². The first-order valence-electron chi connectivity index (χ1n) is 4.98. The molecule has 0 aliphatic rings. The quantitative estimate of drug-likeness (QED) is 0.898. The average Bonchev–Trinajstić information content (AvgIpc) is 2.66. The molecule has 0 unspecified atom stereocenters. The van der Waals surface area contributed by atoms with Crippen LogP contribution in [-0.2, 0) is 6.54 Å². The average molecular weight is 297 g/mol. The molecule has 2 nitrogen and oxygen atoms in total. The highest BCUT2D eigenvalue weighted by Gasteiger charge is 2.02. The Morgan fingerprint density at radius 2 is 2.19 bits per heavy atom. The second-order valence-corrected chi connectivity index (χ2v) is 5.53. The van der Waals surface area contributed by atoms with Gasteiger partial charge in [0, 0.05) is 20.7 Å². The number of rotatable bonds is 3. The van der Waals surface area contributed by atoms with E-state index in [2.05, 4.69) is 40.3 Å². The lowest BCUT2D eigenvalue weighted by molar-refractivity contribution is 1.18. The number of benzene rings is 1. The Balaban J connectivity index is 2.10. The summed E-state index contributed by atoms with van der Waals surface area (Å²) in [5.41, 5.74) is 9.08. The number of nitrogens with two attached hydrogens (primary N) is 1. The molecule has 16 heavy (non-hydrogen) atoms. The molecule has 4 heteroatoms. The predicted octanol–water partition coefficient (Wildman–Crippen LogP) is 4.01. The predicted molar refractivity (Wildman–Crippen MR) is 74.9 cm³/mol. The zero-order valence-corrected chi connectivity index (χ0v) is 11.4. The van der Waals surface area contributed by atoms with Crippen LogP contribution in [0, 0.1) is 6.92 Å². The highest BCUT2D eigenvalue weighted by molar-refractivity contribution is 9.10. The van der Waals surface area contributed by atoms with Crippen molar-refractivity contribution in [2.75, 3.05) is 11.1 Å². The maximum Gasteiger partial charge on any atom is 0.0514 e. The summed E-state index contributed by atoms with van der Waals surface area (Å²) in [6.45, 7) is 2.87. The largest absolute Gasteiger partial charge is 0.398 e. The summed E-state index contributed by atoms with van der Waals surface area (Å²) < 4.78 is 1.08. The molecule has 1 aromatic carbocycles. The number of aryl methyl sites for hydroxylation is 1. The summed E-state index contributed by atoms with van der Waals surface area (Å²) in [6.07, 6.45) is 0. The zero-order valence-electron chi connectivity index (χ0n) is 8.96. The summed E-state index contributed by atoms with van der Waals surface area (Å²) in [4.78, 5) is 1.18. The number of anilines is 2. The maximum absolute atomic E-state index is 5.83. The third kappa shape index (κ3) is 2.57. The fraction of sp³-hybridized carbons (Fsp3) is 0.167. The number of nitrogen functional groups attached to an aromatic ring is 1. The highest BCUT2D eigenvalue weighted by Crippen LogP contribution is 2.24. The Kier molecular flexibility index (Phi) is 3.51. The van der Waals surface area contributed by atoms with Crippen LogP contribution in [0.4, 0.5) is 11.4 Å². The van der Waals surface area contributed by atoms with Gasteiger partial charge in [0.15, 0.2) is 0 Å². The third-order valence-corrected chi connectivity index (χ3v) is 3.85. The minimum Gasteiger partial charge on any atom is -0.398 e. The van der Waals surface area contributed by atoms with E-state index in [1.807, 2.05) is 17.5 Å². The Morgan fingerprint density at radius 1 is 1.38 bits per heavy atom. The Labute approximate surface area is 108 Å². The van der Waals surface area contributed by atoms with Crippen molar-refractivity contribution < 1.29 is 0 Å². The zero-order chi connectivity index (χ0) is 11.5. The van der Waals surface area contributed by atoms with Crippen LogP contribution in [0.15, 0.2) is 34.1 Å². The number of thiophene rings is 1. The smallest absolute Gasteiger partial charge is 0.0514 e. The van der Waals surface area contributed by atoms with Gasteiger partial charge in [0.05, 0.1) is 6.54 Å². The molecule has 84 valence electrons. The van der Waals surface area contributed by atoms with Gasteiger partial charge in [-0.05, 0) is 36.1 Å². The van der Waals surface area contributed by atoms with E-state index in [-0.39, 0.29) is 0 Å². The lowest BCUT2D eigenvalue weighted by atomic mass is 10.2. The van der Waals surface area contributed by atoms with Crippen molar-refractivity contribution in [3.63, 3.8) is 0 Å². The molecule has 0 fully saturated rings. The van der Waals surface area contributed by atoms with Crippen LogP contribution in [0.25, 0.3) is 0 Å². The topological polar surface area (TPSA) is 38.0 Å². The molecular formula is C12H13BrN2S. The van der Waals surface area contributed by atoms with Gasteiger partial charge in [-0.3, -0.25) is 0 Å². The van der Waals surface area contributed by atoms with Gasteiger partial charge < -0.3 is 11.1 Å². The van der Waals surface area contributed by atoms with Crippen molar-refractivity contribution >= 4 is 38.6 Å². The molecule has 0 saturated carbocycles. The number of hydrogen-bond donors (Lipinski definition) is 2. The van der Waals surface area contributed by atoms with Crippen molar-refractivity contribution in [1.82, 2.24) is 0 Å². The van der Waals surface area contributed by atoms with Crippen LogP contribution in [0.1, 0.15) is 10.4 Å². The molecule has 0 atom stereocenters. The van der Waals surface area contributed by atoms with Crippen LogP contribution < -0.4 is 11.1 Å². The van der Waals surface area contributed by atoms with Gasteiger partial charge in [-0.1, -0.05) is 22.0 Å². The first kappa shape index (κ1) is 11.5. The van der Waals surface area contributed by atoms with Crippen molar-refractivity contribution in [3.8, 4) is 0 Å². The molecule has 0 saturated heterocycles. The summed E-state index contributed by atoms with van der Waals surface area (Å²) in [6, 6.07) is 8.15. The second kappa shape index (κ2) is 4.89. The molecule has 2 aromatic rings. The third-order valence-electron chi connectivity index (χ3n) is 2.42. The Hall–Kier alpha value is -1.00. The molecular weight excluding hydrogens is 284 g/mol. The fourth-order valence-electron chi connectivity index (χ4n) is 1.45. The van der Waals surface area contributed by atoms with E-state index in [4.69, 9.17) is 5.73 Å². The summed E-state index contributed by atoms with van der Waals surface area (Å²) in [7, 11) is 0. The van der Waals surface area contributed by atoms with Crippen molar-refractivity contribution in [3.05, 3.63) is 44.6 Å². The lowest BCUT2D eigenvalue weighted by Crippen LogP contribution is -2.01. The van der Waals surface area contributed by atoms with E-state index in [1.54, 1.807) is 11.3 Å². The molecule has 0 aliphatic carbocycles. The van der Waals surface area contributed by atoms with E-state index in [0.717, 1.165) is 22.4 Å². The van der Waals surface area contributed by atoms with Crippen LogP contribution in [0.2, 0.25) is 0 Å². The molecule has 0 aliphatic heterocycles. The first-order chi connectivity index (χ1) is 7.66. The van der Waals surface area contributed by atoms with Gasteiger partial charge in [-0.2, -0.15) is 0 Å². The van der Waals surface area contributed by atoms with E-state index >= 15 is 0 Å². The van der Waals surface area contributed by atoms with Gasteiger partial charge >= 0.3 is 0 Å². The number of nitrogens with one attached hydrogen (secondary N) is 1. The summed E-state index contributed by atoms with van der Waals surface area (Å²) >= 11 is 5.15. The lowest BCUT2D eigenvalue weighted by Gasteiger charge is -2.09. The maximum atomic E-state index is 5.83. The molecule has 1 heterocycles. The Morgan fingerprint density at radius 3 is 2.88 bits per heavy atom. The van der Waals surface area contributed by atoms with Crippen LogP contribution in [0.5, 0.6) is 0 Å². The Bertz CT molecular complexity index is 494. The number of halogens is 1. The summed E-state index contributed by atoms with van der Waals surface area (Å²) in [5.74, 6) is 0. The van der Waals surface area contributed by atoms with Gasteiger partial charge in [-0.25, -0.2) is 0 Å². The minimum atomic E-state index is 0.779. The van der Waals surface area contributed by atoms with E-state index < -0.39 is 0 Å². The molecule has 0 bridgehead atoms. The molecule has 1 aromatic heterocycles. The van der Waals surface area contributed by atoms with E-state index in [9.17, 15) is 0 Å². The molecule has 0 amide bonds.